The molecule has 1 fully saturated rings. The SMILES string of the molecule is CCCS(=O)(=O)N(c1cccc(F)c1)c1cnc2cc(-c3cccc(N4CCN(C)CC4)c3)nn2c1. The van der Waals surface area contributed by atoms with Crippen LogP contribution in [0.25, 0.3) is 16.9 Å². The first-order valence-corrected chi connectivity index (χ1v) is 13.6. The standard InChI is InChI=1S/C26H29FN6O2S/c1-3-14-36(34,35)33(23-9-5-7-21(27)16-23)24-18-28-26-17-25(29-32(26)19-24)20-6-4-8-22(15-20)31-12-10-30(2)11-13-31/h4-9,15-19H,3,10-14H2,1-2H3. The summed E-state index contributed by atoms with van der Waals surface area (Å²) in [6.45, 7) is 5.78. The van der Waals surface area contributed by atoms with Crippen molar-refractivity contribution in [3.8, 4) is 11.3 Å². The minimum absolute atomic E-state index is 0.0784. The quantitative estimate of drug-likeness (QED) is 0.373. The third-order valence-corrected chi connectivity index (χ3v) is 8.23. The van der Waals surface area contributed by atoms with E-state index in [1.54, 1.807) is 23.7 Å². The summed E-state index contributed by atoms with van der Waals surface area (Å²) >= 11 is 0. The van der Waals surface area contributed by atoms with Crippen LogP contribution in [-0.2, 0) is 10.0 Å². The van der Waals surface area contributed by atoms with Crippen LogP contribution in [0.1, 0.15) is 13.3 Å². The Hall–Kier alpha value is -3.50. The number of anilines is 3. The van der Waals surface area contributed by atoms with Gasteiger partial charge in [-0.2, -0.15) is 5.10 Å². The Morgan fingerprint density at radius 1 is 1.00 bits per heavy atom. The second-order valence-corrected chi connectivity index (χ2v) is 11.0. The second-order valence-electron chi connectivity index (χ2n) is 9.05. The molecule has 0 radical (unpaired) electrons. The number of benzene rings is 2. The van der Waals surface area contributed by atoms with Gasteiger partial charge in [0.05, 0.1) is 35.2 Å². The van der Waals surface area contributed by atoms with Crippen molar-refractivity contribution in [1.82, 2.24) is 19.5 Å². The molecule has 2 aromatic carbocycles. The molecule has 5 rings (SSSR count). The molecule has 4 aromatic rings. The molecular weight excluding hydrogens is 479 g/mol. The molecule has 2 aromatic heterocycles. The highest BCUT2D eigenvalue weighted by Crippen LogP contribution is 2.31. The van der Waals surface area contributed by atoms with Gasteiger partial charge in [-0.15, -0.1) is 0 Å². The van der Waals surface area contributed by atoms with Gasteiger partial charge in [0.1, 0.15) is 5.82 Å². The summed E-state index contributed by atoms with van der Waals surface area (Å²) in [6, 6.07) is 15.7. The molecule has 1 aliphatic rings. The van der Waals surface area contributed by atoms with Crippen molar-refractivity contribution in [3.63, 3.8) is 0 Å². The Morgan fingerprint density at radius 2 is 1.78 bits per heavy atom. The van der Waals surface area contributed by atoms with Gasteiger partial charge in [0.15, 0.2) is 5.65 Å². The molecule has 0 atom stereocenters. The molecule has 36 heavy (non-hydrogen) atoms. The maximum atomic E-state index is 14.0. The molecule has 0 saturated carbocycles. The van der Waals surface area contributed by atoms with Gasteiger partial charge in [-0.25, -0.2) is 26.6 Å². The molecule has 1 aliphatic heterocycles. The molecule has 10 heteroatoms. The molecule has 188 valence electrons. The molecule has 0 bridgehead atoms. The Kier molecular flexibility index (Phi) is 6.63. The van der Waals surface area contributed by atoms with Crippen molar-refractivity contribution in [2.75, 3.05) is 48.2 Å². The fraction of sp³-hybridized carbons (Fsp3) is 0.308. The summed E-state index contributed by atoms with van der Waals surface area (Å²) in [4.78, 5) is 9.16. The van der Waals surface area contributed by atoms with Crippen LogP contribution in [0.4, 0.5) is 21.5 Å². The monoisotopic (exact) mass is 508 g/mol. The van der Waals surface area contributed by atoms with E-state index in [1.807, 2.05) is 18.2 Å². The number of aromatic nitrogens is 3. The second kappa shape index (κ2) is 9.87. The number of hydrogen-bond acceptors (Lipinski definition) is 6. The Labute approximate surface area is 210 Å². The van der Waals surface area contributed by atoms with Gasteiger partial charge in [-0.3, -0.25) is 0 Å². The molecular formula is C26H29FN6O2S. The summed E-state index contributed by atoms with van der Waals surface area (Å²) in [5.41, 5.74) is 3.95. The first-order valence-electron chi connectivity index (χ1n) is 12.0. The van der Waals surface area contributed by atoms with Crippen LogP contribution in [0.2, 0.25) is 0 Å². The predicted molar refractivity (Wildman–Crippen MR) is 141 cm³/mol. The molecule has 3 heterocycles. The zero-order chi connectivity index (χ0) is 25.3. The maximum Gasteiger partial charge on any atom is 0.239 e. The van der Waals surface area contributed by atoms with E-state index in [4.69, 9.17) is 5.10 Å². The predicted octanol–water partition coefficient (Wildman–Crippen LogP) is 4.17. The number of likely N-dealkylation sites (N-methyl/N-ethyl adjacent to an activating group) is 1. The van der Waals surface area contributed by atoms with Gasteiger partial charge in [-0.05, 0) is 43.8 Å². The van der Waals surface area contributed by atoms with E-state index in [-0.39, 0.29) is 11.4 Å². The first-order chi connectivity index (χ1) is 17.3. The van der Waals surface area contributed by atoms with Gasteiger partial charge < -0.3 is 9.80 Å². The minimum Gasteiger partial charge on any atom is -0.369 e. The lowest BCUT2D eigenvalue weighted by Gasteiger charge is -2.34. The summed E-state index contributed by atoms with van der Waals surface area (Å²) in [5, 5.41) is 4.70. The van der Waals surface area contributed by atoms with E-state index >= 15 is 0 Å². The maximum absolute atomic E-state index is 14.0. The normalized spacial score (nSPS) is 14.9. The van der Waals surface area contributed by atoms with E-state index in [0.717, 1.165) is 47.4 Å². The van der Waals surface area contributed by atoms with Gasteiger partial charge in [0.25, 0.3) is 0 Å². The summed E-state index contributed by atoms with van der Waals surface area (Å²) in [5.74, 6) is -0.592. The molecule has 0 N–H and O–H groups in total. The molecule has 0 aliphatic carbocycles. The van der Waals surface area contributed by atoms with Crippen LogP contribution in [-0.4, -0.2) is 66.9 Å². The highest BCUT2D eigenvalue weighted by molar-refractivity contribution is 7.93. The van der Waals surface area contributed by atoms with Crippen LogP contribution in [0, 0.1) is 5.82 Å². The van der Waals surface area contributed by atoms with E-state index in [1.165, 1.54) is 24.4 Å². The number of rotatable bonds is 7. The average Bonchev–Trinajstić information content (AvgIpc) is 3.28. The smallest absolute Gasteiger partial charge is 0.239 e. The number of hydrogen-bond donors (Lipinski definition) is 0. The summed E-state index contributed by atoms with van der Waals surface area (Å²) in [7, 11) is -1.62. The molecule has 1 saturated heterocycles. The number of halogens is 1. The molecule has 0 spiro atoms. The van der Waals surface area contributed by atoms with Crippen molar-refractivity contribution in [2.45, 2.75) is 13.3 Å². The van der Waals surface area contributed by atoms with E-state index in [0.29, 0.717) is 17.8 Å². The summed E-state index contributed by atoms with van der Waals surface area (Å²) < 4.78 is 43.0. The van der Waals surface area contributed by atoms with Crippen molar-refractivity contribution in [3.05, 3.63) is 72.8 Å². The van der Waals surface area contributed by atoms with E-state index < -0.39 is 15.8 Å². The highest BCUT2D eigenvalue weighted by atomic mass is 32.2. The fourth-order valence-electron chi connectivity index (χ4n) is 4.46. The molecule has 8 nitrogen and oxygen atoms in total. The van der Waals surface area contributed by atoms with Gasteiger partial charge >= 0.3 is 0 Å². The van der Waals surface area contributed by atoms with Crippen LogP contribution in [0.15, 0.2) is 67.0 Å². The number of fused-ring (bicyclic) bond motifs is 1. The Balaban J connectivity index is 1.51. The molecule has 0 unspecified atom stereocenters. The molecule has 0 amide bonds. The fourth-order valence-corrected chi connectivity index (χ4v) is 6.01. The Morgan fingerprint density at radius 3 is 2.53 bits per heavy atom. The third kappa shape index (κ3) is 4.91. The number of nitrogens with zero attached hydrogens (tertiary/aromatic N) is 6. The number of sulfonamides is 1. The van der Waals surface area contributed by atoms with Crippen molar-refractivity contribution in [2.24, 2.45) is 0 Å². The van der Waals surface area contributed by atoms with Gasteiger partial charge in [0.2, 0.25) is 10.0 Å². The Bertz CT molecular complexity index is 1480. The average molecular weight is 509 g/mol. The van der Waals surface area contributed by atoms with E-state index in [2.05, 4.69) is 34.0 Å². The van der Waals surface area contributed by atoms with Crippen molar-refractivity contribution in [1.29, 1.82) is 0 Å². The zero-order valence-corrected chi connectivity index (χ0v) is 21.2. The van der Waals surface area contributed by atoms with Crippen LogP contribution in [0.5, 0.6) is 0 Å². The van der Waals surface area contributed by atoms with E-state index in [9.17, 15) is 12.8 Å². The van der Waals surface area contributed by atoms with Gasteiger partial charge in [0, 0.05) is 43.5 Å². The van der Waals surface area contributed by atoms with Crippen LogP contribution >= 0.6 is 0 Å². The lowest BCUT2D eigenvalue weighted by atomic mass is 10.1. The lowest BCUT2D eigenvalue weighted by molar-refractivity contribution is 0.313. The lowest BCUT2D eigenvalue weighted by Crippen LogP contribution is -2.44. The minimum atomic E-state index is -3.75. The zero-order valence-electron chi connectivity index (χ0n) is 20.4. The summed E-state index contributed by atoms with van der Waals surface area (Å²) in [6.07, 6.45) is 3.53. The topological polar surface area (TPSA) is 74.1 Å². The van der Waals surface area contributed by atoms with Gasteiger partial charge in [-0.1, -0.05) is 25.1 Å². The van der Waals surface area contributed by atoms with Crippen LogP contribution < -0.4 is 9.21 Å². The van der Waals surface area contributed by atoms with Crippen LogP contribution in [0.3, 0.4) is 0 Å². The highest BCUT2D eigenvalue weighted by Gasteiger charge is 2.25. The first kappa shape index (κ1) is 24.2. The third-order valence-electron chi connectivity index (χ3n) is 6.33. The number of piperazine rings is 1. The largest absolute Gasteiger partial charge is 0.369 e. The van der Waals surface area contributed by atoms with Crippen molar-refractivity contribution >= 4 is 32.7 Å². The van der Waals surface area contributed by atoms with Crippen molar-refractivity contribution < 1.29 is 12.8 Å².